The Morgan fingerprint density at radius 1 is 0.337 bits per heavy atom. The standard InChI is InChI=1S/C69H123N17O15/c1-37(2)35-50(63(94)83-53(39(5)6)66(97)81-51(36-45-25-15-14-16-26-45)64(95)85-55(41(9)10)69(100)101)80-68(99)56(44(13)87)86-58(89)43(12)75-57(88)42(11)76-65(96)52(38(3)4)84-67(98)54(40(7)8)82-62(93)49(30-20-24-34-73)79-61(92)48(29-19-23-33-72)78-60(91)47(28-18-22-32-71)77-59(90)46(74)27-17-21-31-70/h14-16,25-26,37-44,46-56,87H,17-24,27-36,70-74H2,1-13H3,(H,75,88)(H,76,96)(H,77,90)(H,78,91)(H,79,92)(H,80,99)(H,81,97)(H,82,93)(H,83,94)(H,84,98)(H,85,95)(H,86,89)(H,100,101)/t42-,43-,44+,46-,47-,48-,49-,50-,51-,52-,53-,54-,55-,56-/m0/s1. The number of carbonyl (C=O) groups excluding carboxylic acids is 12. The van der Waals surface area contributed by atoms with Crippen LogP contribution in [0, 0.1) is 29.6 Å². The number of hydrogen-bond donors (Lipinski definition) is 19. The van der Waals surface area contributed by atoms with Gasteiger partial charge in [-0.2, -0.15) is 0 Å². The van der Waals surface area contributed by atoms with E-state index in [4.69, 9.17) is 28.7 Å². The maximum absolute atomic E-state index is 14.3. The average molecular weight is 1430 g/mol. The van der Waals surface area contributed by atoms with Gasteiger partial charge in [-0.25, -0.2) is 4.79 Å². The maximum Gasteiger partial charge on any atom is 0.326 e. The summed E-state index contributed by atoms with van der Waals surface area (Å²) in [5, 5.41) is 52.2. The fourth-order valence-corrected chi connectivity index (χ4v) is 10.6. The van der Waals surface area contributed by atoms with Crippen molar-refractivity contribution in [3.8, 4) is 0 Å². The molecule has 0 saturated heterocycles. The Bertz CT molecular complexity index is 2790. The summed E-state index contributed by atoms with van der Waals surface area (Å²) in [4.78, 5) is 179. The SMILES string of the molecule is CC(C)C[C@H](NC(=O)[C@@H](NC(=O)[C@H](C)NC(=O)[C@H](C)NC(=O)[C@@H](NC(=O)[C@@H](NC(=O)[C@H](CCCCN)NC(=O)[C@H](CCCCN)NC(=O)[C@H](CCCCN)NC(=O)[C@@H](N)CCCCN)C(C)C)C(C)C)[C@@H](C)O)C(=O)N[C@H](C(=O)N[C@@H](Cc1ccccc1)C(=O)N[C@H](C(=O)O)C(C)C)C(C)C. The van der Waals surface area contributed by atoms with Crippen LogP contribution in [0.4, 0.5) is 0 Å². The van der Waals surface area contributed by atoms with Crippen LogP contribution in [-0.2, 0) is 68.7 Å². The third-order valence-electron chi connectivity index (χ3n) is 16.8. The molecule has 0 radical (unpaired) electrons. The van der Waals surface area contributed by atoms with E-state index in [2.05, 4.69) is 63.8 Å². The number of hydrogen-bond acceptors (Lipinski definition) is 19. The first kappa shape index (κ1) is 91.1. The summed E-state index contributed by atoms with van der Waals surface area (Å²) in [6, 6.07) is -7.97. The van der Waals surface area contributed by atoms with Gasteiger partial charge in [-0.05, 0) is 159 Å². The van der Waals surface area contributed by atoms with Crippen LogP contribution in [0.2, 0.25) is 0 Å². The molecule has 1 aromatic rings. The number of carbonyl (C=O) groups is 13. The Morgan fingerprint density at radius 2 is 0.634 bits per heavy atom. The Morgan fingerprint density at radius 3 is 1.03 bits per heavy atom. The average Bonchev–Trinajstić information content (AvgIpc) is 0.854. The number of carboxylic acids is 1. The van der Waals surface area contributed by atoms with E-state index < -0.39 is 185 Å². The molecule has 0 aliphatic carbocycles. The maximum atomic E-state index is 14.3. The van der Waals surface area contributed by atoms with E-state index in [1.165, 1.54) is 20.8 Å². The van der Waals surface area contributed by atoms with Crippen LogP contribution in [0.5, 0.6) is 0 Å². The number of nitrogens with one attached hydrogen (secondary N) is 12. The van der Waals surface area contributed by atoms with E-state index in [1.54, 1.807) is 99.6 Å². The van der Waals surface area contributed by atoms with Crippen molar-refractivity contribution in [2.24, 2.45) is 58.3 Å². The van der Waals surface area contributed by atoms with Gasteiger partial charge in [0.15, 0.2) is 0 Å². The monoisotopic (exact) mass is 1430 g/mol. The molecule has 1 rings (SSSR count). The zero-order valence-corrected chi connectivity index (χ0v) is 61.7. The van der Waals surface area contributed by atoms with Gasteiger partial charge in [0.05, 0.1) is 12.1 Å². The molecular formula is C69H123N17O15. The number of nitrogens with two attached hydrogens (primary N) is 5. The summed E-state index contributed by atoms with van der Waals surface area (Å²) in [6.07, 6.45) is 3.18. The summed E-state index contributed by atoms with van der Waals surface area (Å²) in [6.45, 7) is 21.7. The second-order valence-electron chi connectivity index (χ2n) is 27.8. The first-order valence-corrected chi connectivity index (χ1v) is 35.6. The molecule has 12 amide bonds. The minimum Gasteiger partial charge on any atom is -0.480 e. The highest BCUT2D eigenvalue weighted by Gasteiger charge is 2.39. The molecule has 24 N–H and O–H groups in total. The van der Waals surface area contributed by atoms with Gasteiger partial charge in [-0.1, -0.05) is 106 Å². The number of aliphatic hydroxyl groups is 1. The molecular weight excluding hydrogens is 1310 g/mol. The molecule has 574 valence electrons. The molecule has 32 nitrogen and oxygen atoms in total. The summed E-state index contributed by atoms with van der Waals surface area (Å²) in [5.74, 6) is -13.3. The predicted octanol–water partition coefficient (Wildman–Crippen LogP) is -1.93. The van der Waals surface area contributed by atoms with Crippen molar-refractivity contribution in [1.29, 1.82) is 0 Å². The number of aliphatic carboxylic acids is 1. The first-order chi connectivity index (χ1) is 47.5. The van der Waals surface area contributed by atoms with Gasteiger partial charge in [-0.15, -0.1) is 0 Å². The quantitative estimate of drug-likeness (QED) is 0.0316. The van der Waals surface area contributed by atoms with Crippen molar-refractivity contribution in [2.45, 2.75) is 265 Å². The molecule has 32 heteroatoms. The van der Waals surface area contributed by atoms with Crippen molar-refractivity contribution < 1.29 is 72.5 Å². The second-order valence-corrected chi connectivity index (χ2v) is 27.8. The van der Waals surface area contributed by atoms with Gasteiger partial charge in [-0.3, -0.25) is 57.5 Å². The van der Waals surface area contributed by atoms with E-state index in [9.17, 15) is 72.5 Å². The van der Waals surface area contributed by atoms with Crippen LogP contribution >= 0.6 is 0 Å². The van der Waals surface area contributed by atoms with Crippen LogP contribution in [0.25, 0.3) is 0 Å². The van der Waals surface area contributed by atoms with Gasteiger partial charge in [0.25, 0.3) is 0 Å². The Kier molecular flexibility index (Phi) is 43.4. The van der Waals surface area contributed by atoms with E-state index in [1.807, 2.05) is 0 Å². The van der Waals surface area contributed by atoms with Crippen LogP contribution in [0.3, 0.4) is 0 Å². The molecule has 0 heterocycles. The zero-order valence-electron chi connectivity index (χ0n) is 61.7. The number of carboxylic acid groups (broad SMARTS) is 1. The van der Waals surface area contributed by atoms with Crippen molar-refractivity contribution in [1.82, 2.24) is 63.8 Å². The first-order valence-electron chi connectivity index (χ1n) is 35.6. The molecule has 0 saturated carbocycles. The highest BCUT2D eigenvalue weighted by atomic mass is 16.4. The molecule has 0 bridgehead atoms. The molecule has 0 aliphatic heterocycles. The lowest BCUT2D eigenvalue weighted by atomic mass is 9.98. The highest BCUT2D eigenvalue weighted by Crippen LogP contribution is 2.15. The molecule has 0 aromatic heterocycles. The third kappa shape index (κ3) is 34.1. The van der Waals surface area contributed by atoms with E-state index in [0.29, 0.717) is 83.0 Å². The van der Waals surface area contributed by atoms with Gasteiger partial charge >= 0.3 is 5.97 Å². The summed E-state index contributed by atoms with van der Waals surface area (Å²) < 4.78 is 0. The number of unbranched alkanes of at least 4 members (excludes halogenated alkanes) is 4. The Balaban J connectivity index is 3.31. The topological polar surface area (TPSA) is 537 Å². The van der Waals surface area contributed by atoms with Gasteiger partial charge < -0.3 is 103 Å². The Hall–Kier alpha value is -7.91. The minimum atomic E-state index is -1.71. The van der Waals surface area contributed by atoms with Crippen LogP contribution in [-0.4, -0.2) is 198 Å². The van der Waals surface area contributed by atoms with Gasteiger partial charge in [0, 0.05) is 6.42 Å². The number of rotatable bonds is 50. The molecule has 14 atom stereocenters. The summed E-state index contributed by atoms with van der Waals surface area (Å²) >= 11 is 0. The molecule has 1 aromatic carbocycles. The molecule has 101 heavy (non-hydrogen) atoms. The fourth-order valence-electron chi connectivity index (χ4n) is 10.6. The lowest BCUT2D eigenvalue weighted by Crippen LogP contribution is -2.62. The van der Waals surface area contributed by atoms with Crippen LogP contribution in [0.15, 0.2) is 30.3 Å². The highest BCUT2D eigenvalue weighted by molar-refractivity contribution is 6.00. The number of amides is 12. The van der Waals surface area contributed by atoms with Gasteiger partial charge in [0.1, 0.15) is 72.5 Å². The molecule has 0 fully saturated rings. The second kappa shape index (κ2) is 48.1. The predicted molar refractivity (Wildman–Crippen MR) is 382 cm³/mol. The van der Waals surface area contributed by atoms with E-state index in [-0.39, 0.29) is 44.6 Å². The fraction of sp³-hybridized carbons (Fsp3) is 0.725. The van der Waals surface area contributed by atoms with Crippen molar-refractivity contribution in [3.05, 3.63) is 35.9 Å². The zero-order chi connectivity index (χ0) is 76.8. The lowest BCUT2D eigenvalue weighted by molar-refractivity contribution is -0.143. The largest absolute Gasteiger partial charge is 0.480 e. The van der Waals surface area contributed by atoms with Crippen LogP contribution < -0.4 is 92.5 Å². The van der Waals surface area contributed by atoms with Crippen molar-refractivity contribution in [2.75, 3.05) is 26.2 Å². The lowest BCUT2D eigenvalue weighted by Gasteiger charge is -2.30. The van der Waals surface area contributed by atoms with E-state index >= 15 is 0 Å². The Labute approximate surface area is 595 Å². The van der Waals surface area contributed by atoms with E-state index in [0.717, 1.165) is 0 Å². The normalized spacial score (nSPS) is 15.6. The molecule has 0 aliphatic rings. The van der Waals surface area contributed by atoms with Crippen LogP contribution in [0.1, 0.15) is 179 Å². The minimum absolute atomic E-state index is 0.0123. The molecule has 0 spiro atoms. The summed E-state index contributed by atoms with van der Waals surface area (Å²) in [5.41, 5.74) is 29.7. The van der Waals surface area contributed by atoms with Gasteiger partial charge in [0.2, 0.25) is 70.9 Å². The number of benzene rings is 1. The third-order valence-corrected chi connectivity index (χ3v) is 16.8. The van der Waals surface area contributed by atoms with Crippen molar-refractivity contribution >= 4 is 76.9 Å². The smallest absolute Gasteiger partial charge is 0.326 e. The molecule has 0 unspecified atom stereocenters. The summed E-state index contributed by atoms with van der Waals surface area (Å²) in [7, 11) is 0. The number of aliphatic hydroxyl groups excluding tert-OH is 1. The van der Waals surface area contributed by atoms with Crippen molar-refractivity contribution in [3.63, 3.8) is 0 Å².